The summed E-state index contributed by atoms with van der Waals surface area (Å²) in [6.45, 7) is 2.34. The maximum atomic E-state index is 4.20. The van der Waals surface area contributed by atoms with E-state index in [1.54, 1.807) is 6.33 Å². The molecule has 4 heteroatoms. The molecule has 20 heavy (non-hydrogen) atoms. The third kappa shape index (κ3) is 2.05. The average Bonchev–Trinajstić information content (AvgIpc) is 2.42. The number of nitrogens with zero attached hydrogens (tertiary/aromatic N) is 4. The Hall–Kier alpha value is -1.97. The number of aromatic nitrogens is 3. The molecule has 3 heterocycles. The van der Waals surface area contributed by atoms with E-state index in [4.69, 9.17) is 0 Å². The van der Waals surface area contributed by atoms with Crippen LogP contribution in [-0.2, 0) is 6.42 Å². The lowest BCUT2D eigenvalue weighted by molar-refractivity contribution is 0.0239. The topological polar surface area (TPSA) is 41.9 Å². The van der Waals surface area contributed by atoms with E-state index in [2.05, 4.69) is 25.9 Å². The lowest BCUT2D eigenvalue weighted by Gasteiger charge is -2.60. The molecule has 4 nitrogen and oxygen atoms in total. The minimum absolute atomic E-state index is 0.572. The Morgan fingerprint density at radius 2 is 1.90 bits per heavy atom. The van der Waals surface area contributed by atoms with Gasteiger partial charge in [0.15, 0.2) is 0 Å². The van der Waals surface area contributed by atoms with Crippen LogP contribution < -0.4 is 4.90 Å². The van der Waals surface area contributed by atoms with Gasteiger partial charge < -0.3 is 4.90 Å². The van der Waals surface area contributed by atoms with Crippen molar-refractivity contribution in [2.75, 3.05) is 18.0 Å². The highest BCUT2D eigenvalue weighted by Crippen LogP contribution is 2.53. The summed E-state index contributed by atoms with van der Waals surface area (Å²) in [5.74, 6) is 0.841. The second-order valence-corrected chi connectivity index (χ2v) is 6.29. The molecule has 1 saturated carbocycles. The number of hydrogen-bond donors (Lipinski definition) is 0. The molecular formula is C16H18N4. The highest BCUT2D eigenvalue weighted by molar-refractivity contribution is 5.46. The first-order valence-electron chi connectivity index (χ1n) is 7.22. The first kappa shape index (κ1) is 11.8. The van der Waals surface area contributed by atoms with Gasteiger partial charge in [-0.3, -0.25) is 4.98 Å². The lowest BCUT2D eigenvalue weighted by Crippen LogP contribution is -2.62. The predicted octanol–water partition coefficient (Wildman–Crippen LogP) is 2.33. The monoisotopic (exact) mass is 266 g/mol. The van der Waals surface area contributed by atoms with Crippen molar-refractivity contribution in [3.63, 3.8) is 0 Å². The Morgan fingerprint density at radius 3 is 2.60 bits per heavy atom. The molecule has 4 rings (SSSR count). The van der Waals surface area contributed by atoms with Crippen LogP contribution in [0.25, 0.3) is 0 Å². The molecule has 1 aliphatic heterocycles. The average molecular weight is 266 g/mol. The highest BCUT2D eigenvalue weighted by Gasteiger charge is 2.52. The Bertz CT molecular complexity index is 570. The summed E-state index contributed by atoms with van der Waals surface area (Å²) in [7, 11) is 0. The minimum Gasteiger partial charge on any atom is -0.368 e. The van der Waals surface area contributed by atoms with Crippen LogP contribution in [-0.4, -0.2) is 28.0 Å². The van der Waals surface area contributed by atoms with Gasteiger partial charge in [-0.15, -0.1) is 0 Å². The molecule has 0 N–H and O–H groups in total. The van der Waals surface area contributed by atoms with Crippen LogP contribution in [0.2, 0.25) is 0 Å². The van der Waals surface area contributed by atoms with Gasteiger partial charge in [0.05, 0.1) is 18.1 Å². The summed E-state index contributed by atoms with van der Waals surface area (Å²) >= 11 is 0. The van der Waals surface area contributed by atoms with Gasteiger partial charge in [0, 0.05) is 30.9 Å². The summed E-state index contributed by atoms with van der Waals surface area (Å²) in [4.78, 5) is 14.8. The predicted molar refractivity (Wildman–Crippen MR) is 77.3 cm³/mol. The third-order valence-electron chi connectivity index (χ3n) is 4.66. The molecule has 2 fully saturated rings. The van der Waals surface area contributed by atoms with E-state index >= 15 is 0 Å². The minimum atomic E-state index is 0.572. The zero-order valence-electron chi connectivity index (χ0n) is 11.4. The van der Waals surface area contributed by atoms with Crippen molar-refractivity contribution in [3.8, 4) is 0 Å². The third-order valence-corrected chi connectivity index (χ3v) is 4.66. The van der Waals surface area contributed by atoms with Crippen molar-refractivity contribution in [2.24, 2.45) is 11.3 Å². The normalized spacial score (nSPS) is 20.5. The second kappa shape index (κ2) is 4.54. The van der Waals surface area contributed by atoms with Gasteiger partial charge >= 0.3 is 0 Å². The summed E-state index contributed by atoms with van der Waals surface area (Å²) in [5.41, 5.74) is 3.11. The number of rotatable bonds is 3. The molecule has 102 valence electrons. The molecule has 0 aromatic carbocycles. The van der Waals surface area contributed by atoms with Crippen LogP contribution in [0.5, 0.6) is 0 Å². The number of anilines is 1. The molecule has 2 aromatic heterocycles. The van der Waals surface area contributed by atoms with Gasteiger partial charge in [0.25, 0.3) is 0 Å². The fraction of sp³-hybridized carbons (Fsp3) is 0.438. The molecule has 0 amide bonds. The van der Waals surface area contributed by atoms with E-state index in [1.807, 2.05) is 30.9 Å². The summed E-state index contributed by atoms with van der Waals surface area (Å²) in [5, 5.41) is 0. The molecule has 2 aromatic rings. The van der Waals surface area contributed by atoms with Crippen molar-refractivity contribution in [2.45, 2.75) is 19.3 Å². The standard InChI is InChI=1S/C16H18N4/c1-2-13(7-17-3-1)4-14-5-16(6-14)10-20(11-16)15-8-18-12-19-9-15/h1-3,7-9,12,14H,4-6,10-11H2. The van der Waals surface area contributed by atoms with Crippen molar-refractivity contribution < 1.29 is 0 Å². The molecule has 0 atom stereocenters. The molecule has 0 bridgehead atoms. The molecule has 2 aliphatic rings. The van der Waals surface area contributed by atoms with Gasteiger partial charge in [-0.05, 0) is 36.8 Å². The van der Waals surface area contributed by atoms with Gasteiger partial charge in [-0.1, -0.05) is 6.07 Å². The summed E-state index contributed by atoms with van der Waals surface area (Å²) in [6.07, 6.45) is 13.1. The first-order valence-corrected chi connectivity index (χ1v) is 7.22. The van der Waals surface area contributed by atoms with E-state index in [9.17, 15) is 0 Å². The van der Waals surface area contributed by atoms with Crippen LogP contribution in [0.3, 0.4) is 0 Å². The molecule has 1 spiro atoms. The van der Waals surface area contributed by atoms with E-state index in [0.717, 1.165) is 11.6 Å². The van der Waals surface area contributed by atoms with E-state index in [1.165, 1.54) is 37.9 Å². The van der Waals surface area contributed by atoms with E-state index in [-0.39, 0.29) is 0 Å². The van der Waals surface area contributed by atoms with E-state index < -0.39 is 0 Å². The van der Waals surface area contributed by atoms with Crippen molar-refractivity contribution in [1.29, 1.82) is 0 Å². The van der Waals surface area contributed by atoms with Gasteiger partial charge in [-0.2, -0.15) is 0 Å². The second-order valence-electron chi connectivity index (χ2n) is 6.29. The van der Waals surface area contributed by atoms with Crippen LogP contribution in [0.1, 0.15) is 18.4 Å². The highest BCUT2D eigenvalue weighted by atomic mass is 15.2. The zero-order chi connectivity index (χ0) is 13.4. The maximum Gasteiger partial charge on any atom is 0.115 e. The quantitative estimate of drug-likeness (QED) is 0.855. The van der Waals surface area contributed by atoms with Gasteiger partial charge in [0.1, 0.15) is 6.33 Å². The van der Waals surface area contributed by atoms with Crippen LogP contribution >= 0.6 is 0 Å². The molecular weight excluding hydrogens is 248 g/mol. The zero-order valence-corrected chi connectivity index (χ0v) is 11.4. The van der Waals surface area contributed by atoms with Crippen LogP contribution in [0.15, 0.2) is 43.2 Å². The largest absolute Gasteiger partial charge is 0.368 e. The summed E-state index contributed by atoms with van der Waals surface area (Å²) in [6, 6.07) is 4.22. The van der Waals surface area contributed by atoms with E-state index in [0.29, 0.717) is 5.41 Å². The van der Waals surface area contributed by atoms with Crippen molar-refractivity contribution in [3.05, 3.63) is 48.8 Å². The van der Waals surface area contributed by atoms with Crippen LogP contribution in [0.4, 0.5) is 5.69 Å². The van der Waals surface area contributed by atoms with Gasteiger partial charge in [0.2, 0.25) is 0 Å². The maximum absolute atomic E-state index is 4.20. The molecule has 1 aliphatic carbocycles. The smallest absolute Gasteiger partial charge is 0.115 e. The first-order chi connectivity index (χ1) is 9.83. The van der Waals surface area contributed by atoms with Crippen molar-refractivity contribution >= 4 is 5.69 Å². The fourth-order valence-corrected chi connectivity index (χ4v) is 3.82. The SMILES string of the molecule is c1cncc(CC2CC3(C2)CN(c2cncnc2)C3)c1. The number of hydrogen-bond acceptors (Lipinski definition) is 4. The summed E-state index contributed by atoms with van der Waals surface area (Å²) < 4.78 is 0. The Balaban J connectivity index is 1.30. The van der Waals surface area contributed by atoms with Crippen LogP contribution in [0, 0.1) is 11.3 Å². The van der Waals surface area contributed by atoms with Gasteiger partial charge in [-0.25, -0.2) is 9.97 Å². The molecule has 0 radical (unpaired) electrons. The Morgan fingerprint density at radius 1 is 1.10 bits per heavy atom. The Kier molecular flexibility index (Phi) is 2.69. The fourth-order valence-electron chi connectivity index (χ4n) is 3.82. The number of pyridine rings is 1. The lowest BCUT2D eigenvalue weighted by atomic mass is 9.56. The molecule has 1 saturated heterocycles. The molecule has 0 unspecified atom stereocenters. The van der Waals surface area contributed by atoms with Crippen molar-refractivity contribution in [1.82, 2.24) is 15.0 Å². The Labute approximate surface area is 118 Å².